The summed E-state index contributed by atoms with van der Waals surface area (Å²) >= 11 is 1.60. The molecule has 0 spiro atoms. The van der Waals surface area contributed by atoms with Crippen LogP contribution in [-0.4, -0.2) is 35.5 Å². The fraction of sp³-hybridized carbons (Fsp3) is 0.571. The first-order chi connectivity index (χ1) is 5.83. The van der Waals surface area contributed by atoms with Crippen molar-refractivity contribution in [1.29, 1.82) is 0 Å². The highest BCUT2D eigenvalue weighted by atomic mass is 32.2. The van der Waals surface area contributed by atoms with Crippen LogP contribution >= 0.6 is 11.8 Å². The van der Waals surface area contributed by atoms with Crippen LogP contribution in [0.3, 0.4) is 0 Å². The number of H-pyrrole nitrogens is 1. The van der Waals surface area contributed by atoms with E-state index in [1.54, 1.807) is 31.3 Å². The second-order valence-electron chi connectivity index (χ2n) is 2.42. The molecule has 1 atom stereocenters. The smallest absolute Gasteiger partial charge is 0.165 e. The number of aromatic amines is 1. The maximum absolute atomic E-state index is 5.71. The molecule has 1 heterocycles. The average Bonchev–Trinajstić information content (AvgIpc) is 2.53. The number of hydrogen-bond acceptors (Lipinski definition) is 4. The highest BCUT2D eigenvalue weighted by molar-refractivity contribution is 7.99. The topological polar surface area (TPSA) is 63.9 Å². The molecule has 0 fully saturated rings. The van der Waals surface area contributed by atoms with Crippen molar-refractivity contribution in [3.63, 3.8) is 0 Å². The first-order valence-electron chi connectivity index (χ1n) is 3.69. The Kier molecular flexibility index (Phi) is 4.13. The SMILES string of the molecule is COCC(N)CSc1ncc[nH]1. The van der Waals surface area contributed by atoms with Crippen LogP contribution in [0.25, 0.3) is 0 Å². The van der Waals surface area contributed by atoms with Gasteiger partial charge in [0.25, 0.3) is 0 Å². The van der Waals surface area contributed by atoms with Gasteiger partial charge in [-0.1, -0.05) is 11.8 Å². The van der Waals surface area contributed by atoms with Gasteiger partial charge in [-0.25, -0.2) is 4.98 Å². The minimum absolute atomic E-state index is 0.0742. The van der Waals surface area contributed by atoms with Crippen molar-refractivity contribution < 1.29 is 4.74 Å². The van der Waals surface area contributed by atoms with E-state index in [0.717, 1.165) is 10.9 Å². The van der Waals surface area contributed by atoms with Crippen molar-refractivity contribution in [2.75, 3.05) is 19.5 Å². The number of thioether (sulfide) groups is 1. The summed E-state index contributed by atoms with van der Waals surface area (Å²) in [7, 11) is 1.65. The van der Waals surface area contributed by atoms with Gasteiger partial charge in [0.15, 0.2) is 5.16 Å². The highest BCUT2D eigenvalue weighted by Crippen LogP contribution is 2.11. The summed E-state index contributed by atoms with van der Waals surface area (Å²) in [5.74, 6) is 0.821. The van der Waals surface area contributed by atoms with E-state index >= 15 is 0 Å². The van der Waals surface area contributed by atoms with Crippen molar-refractivity contribution >= 4 is 11.8 Å². The zero-order valence-electron chi connectivity index (χ0n) is 6.99. The molecule has 0 saturated heterocycles. The Morgan fingerprint density at radius 2 is 2.67 bits per heavy atom. The summed E-state index contributed by atoms with van der Waals surface area (Å²) in [5.41, 5.74) is 5.71. The van der Waals surface area contributed by atoms with Gasteiger partial charge in [-0.05, 0) is 0 Å². The molecule has 1 aromatic heterocycles. The minimum atomic E-state index is 0.0742. The van der Waals surface area contributed by atoms with Gasteiger partial charge in [-0.3, -0.25) is 0 Å². The van der Waals surface area contributed by atoms with Gasteiger partial charge in [-0.15, -0.1) is 0 Å². The standard InChI is InChI=1S/C7H13N3OS/c1-11-4-6(8)5-12-7-9-2-3-10-7/h2-3,6H,4-5,8H2,1H3,(H,9,10). The molecule has 0 radical (unpaired) electrons. The Morgan fingerprint density at radius 1 is 1.83 bits per heavy atom. The van der Waals surface area contributed by atoms with E-state index in [2.05, 4.69) is 9.97 Å². The van der Waals surface area contributed by atoms with Crippen molar-refractivity contribution in [2.45, 2.75) is 11.2 Å². The van der Waals surface area contributed by atoms with Crippen LogP contribution in [0.5, 0.6) is 0 Å². The molecule has 1 rings (SSSR count). The molecular weight excluding hydrogens is 174 g/mol. The molecule has 0 aliphatic rings. The number of nitrogens with two attached hydrogens (primary N) is 1. The zero-order valence-corrected chi connectivity index (χ0v) is 7.80. The number of aromatic nitrogens is 2. The van der Waals surface area contributed by atoms with Gasteiger partial charge in [-0.2, -0.15) is 0 Å². The minimum Gasteiger partial charge on any atom is -0.383 e. The van der Waals surface area contributed by atoms with Crippen molar-refractivity contribution in [2.24, 2.45) is 5.73 Å². The molecule has 1 unspecified atom stereocenters. The molecule has 4 nitrogen and oxygen atoms in total. The Balaban J connectivity index is 2.17. The summed E-state index contributed by atoms with van der Waals surface area (Å²) in [5, 5.41) is 0.904. The number of rotatable bonds is 5. The summed E-state index contributed by atoms with van der Waals surface area (Å²) in [6.07, 6.45) is 3.52. The van der Waals surface area contributed by atoms with E-state index in [1.165, 1.54) is 0 Å². The molecule has 0 aliphatic heterocycles. The van der Waals surface area contributed by atoms with Gasteiger partial charge in [0.05, 0.1) is 6.61 Å². The van der Waals surface area contributed by atoms with Crippen molar-refractivity contribution in [3.8, 4) is 0 Å². The molecule has 0 amide bonds. The van der Waals surface area contributed by atoms with Gasteiger partial charge in [0.1, 0.15) is 0 Å². The van der Waals surface area contributed by atoms with Crippen LogP contribution in [0.15, 0.2) is 17.6 Å². The number of hydrogen-bond donors (Lipinski definition) is 2. The van der Waals surface area contributed by atoms with E-state index in [1.807, 2.05) is 0 Å². The third kappa shape index (κ3) is 3.25. The van der Waals surface area contributed by atoms with E-state index in [4.69, 9.17) is 10.5 Å². The van der Waals surface area contributed by atoms with Gasteiger partial charge < -0.3 is 15.5 Å². The molecule has 12 heavy (non-hydrogen) atoms. The first-order valence-corrected chi connectivity index (χ1v) is 4.68. The average molecular weight is 187 g/mol. The number of nitrogens with one attached hydrogen (secondary N) is 1. The third-order valence-electron chi connectivity index (χ3n) is 1.29. The van der Waals surface area contributed by atoms with E-state index in [-0.39, 0.29) is 6.04 Å². The molecule has 0 aromatic carbocycles. The maximum atomic E-state index is 5.71. The largest absolute Gasteiger partial charge is 0.383 e. The normalized spacial score (nSPS) is 13.2. The lowest BCUT2D eigenvalue weighted by atomic mass is 10.4. The number of methoxy groups -OCH3 is 1. The summed E-state index contributed by atoms with van der Waals surface area (Å²) in [6, 6.07) is 0.0742. The Morgan fingerprint density at radius 3 is 3.25 bits per heavy atom. The van der Waals surface area contributed by atoms with Crippen LogP contribution in [0.4, 0.5) is 0 Å². The second kappa shape index (κ2) is 5.18. The molecule has 3 N–H and O–H groups in total. The molecule has 0 aliphatic carbocycles. The van der Waals surface area contributed by atoms with Crippen LogP contribution < -0.4 is 5.73 Å². The second-order valence-corrected chi connectivity index (χ2v) is 3.43. The lowest BCUT2D eigenvalue weighted by molar-refractivity contribution is 0.186. The number of nitrogens with zero attached hydrogens (tertiary/aromatic N) is 1. The predicted octanol–water partition coefficient (Wildman–Crippen LogP) is 0.475. The van der Waals surface area contributed by atoms with E-state index in [0.29, 0.717) is 6.61 Å². The lowest BCUT2D eigenvalue weighted by Crippen LogP contribution is -2.28. The highest BCUT2D eigenvalue weighted by Gasteiger charge is 2.03. The zero-order chi connectivity index (χ0) is 8.81. The molecule has 0 saturated carbocycles. The molecule has 5 heteroatoms. The Hall–Kier alpha value is -0.520. The molecule has 1 aromatic rings. The summed E-state index contributed by atoms with van der Waals surface area (Å²) in [6.45, 7) is 0.591. The molecule has 68 valence electrons. The van der Waals surface area contributed by atoms with Crippen molar-refractivity contribution in [1.82, 2.24) is 9.97 Å². The number of imidazole rings is 1. The van der Waals surface area contributed by atoms with Crippen molar-refractivity contribution in [3.05, 3.63) is 12.4 Å². The number of ether oxygens (including phenoxy) is 1. The quantitative estimate of drug-likeness (QED) is 0.658. The van der Waals surface area contributed by atoms with Crippen LogP contribution in [0.2, 0.25) is 0 Å². The summed E-state index contributed by atoms with van der Waals surface area (Å²) in [4.78, 5) is 7.05. The Labute approximate surface area is 75.9 Å². The summed E-state index contributed by atoms with van der Waals surface area (Å²) < 4.78 is 4.90. The van der Waals surface area contributed by atoms with Crippen LogP contribution in [0.1, 0.15) is 0 Å². The lowest BCUT2D eigenvalue weighted by Gasteiger charge is -2.07. The first kappa shape index (κ1) is 9.57. The van der Waals surface area contributed by atoms with Gasteiger partial charge in [0, 0.05) is 31.3 Å². The predicted molar refractivity (Wildman–Crippen MR) is 49.2 cm³/mol. The van der Waals surface area contributed by atoms with Crippen LogP contribution in [-0.2, 0) is 4.74 Å². The van der Waals surface area contributed by atoms with E-state index in [9.17, 15) is 0 Å². The van der Waals surface area contributed by atoms with E-state index < -0.39 is 0 Å². The van der Waals surface area contributed by atoms with Gasteiger partial charge >= 0.3 is 0 Å². The molecule has 0 bridgehead atoms. The monoisotopic (exact) mass is 187 g/mol. The fourth-order valence-electron chi connectivity index (χ4n) is 0.778. The fourth-order valence-corrected chi connectivity index (χ4v) is 1.53. The van der Waals surface area contributed by atoms with Gasteiger partial charge in [0.2, 0.25) is 0 Å². The van der Waals surface area contributed by atoms with Crippen LogP contribution in [0, 0.1) is 0 Å². The molecular formula is C7H13N3OS. The Bertz CT molecular complexity index is 202. The third-order valence-corrected chi connectivity index (χ3v) is 2.38. The maximum Gasteiger partial charge on any atom is 0.165 e.